The Morgan fingerprint density at radius 2 is 1.92 bits per heavy atom. The molecule has 8 heteroatoms. The fourth-order valence-corrected chi connectivity index (χ4v) is 2.52. The molecule has 0 saturated heterocycles. The number of methoxy groups -OCH3 is 1. The molecule has 2 aromatic carbocycles. The van der Waals surface area contributed by atoms with Crippen molar-refractivity contribution in [2.45, 2.75) is 0 Å². The average Bonchev–Trinajstić information content (AvgIpc) is 2.67. The van der Waals surface area contributed by atoms with Gasteiger partial charge in [-0.25, -0.2) is 13.8 Å². The van der Waals surface area contributed by atoms with E-state index >= 15 is 0 Å². The summed E-state index contributed by atoms with van der Waals surface area (Å²) >= 11 is 0. The number of nitrogens with zero attached hydrogens (tertiary/aromatic N) is 5. The van der Waals surface area contributed by atoms with Gasteiger partial charge in [-0.15, -0.1) is 0 Å². The zero-order chi connectivity index (χ0) is 18.7. The molecule has 3 aromatic rings. The monoisotopic (exact) mass is 351 g/mol. The summed E-state index contributed by atoms with van der Waals surface area (Å²) in [6, 6.07) is 11.3. The lowest BCUT2D eigenvalue weighted by Crippen LogP contribution is -2.21. The highest BCUT2D eigenvalue weighted by molar-refractivity contribution is 5.77. The number of nitriles is 2. The quantitative estimate of drug-likeness (QED) is 0.669. The van der Waals surface area contributed by atoms with Crippen LogP contribution in [0.2, 0.25) is 0 Å². The van der Waals surface area contributed by atoms with E-state index in [0.29, 0.717) is 11.0 Å². The number of para-hydroxylation sites is 2. The summed E-state index contributed by atoms with van der Waals surface area (Å²) in [7, 11) is 1.13. The van der Waals surface area contributed by atoms with E-state index in [-0.39, 0.29) is 18.1 Å². The van der Waals surface area contributed by atoms with E-state index in [1.807, 2.05) is 6.07 Å². The van der Waals surface area contributed by atoms with Crippen molar-refractivity contribution in [3.63, 3.8) is 0 Å². The topological polar surface area (TPSA) is 85.8 Å². The largest absolute Gasteiger partial charge is 0.492 e. The van der Waals surface area contributed by atoms with Gasteiger partial charge in [0, 0.05) is 6.07 Å². The smallest absolute Gasteiger partial charge is 0.190 e. The molecule has 0 unspecified atom stereocenters. The summed E-state index contributed by atoms with van der Waals surface area (Å²) in [6.07, 6.45) is 1.36. The maximum Gasteiger partial charge on any atom is 0.190 e. The second kappa shape index (κ2) is 6.99. The Kier molecular flexibility index (Phi) is 4.59. The van der Waals surface area contributed by atoms with Crippen LogP contribution in [0.1, 0.15) is 5.56 Å². The molecule has 0 atom stereocenters. The third-order valence-corrected chi connectivity index (χ3v) is 3.70. The lowest BCUT2D eigenvalue weighted by atomic mass is 10.1. The predicted octanol–water partition coefficient (Wildman–Crippen LogP) is 3.45. The minimum absolute atomic E-state index is 0.162. The van der Waals surface area contributed by atoms with E-state index in [1.54, 1.807) is 30.3 Å². The molecule has 3 rings (SSSR count). The Morgan fingerprint density at radius 1 is 1.19 bits per heavy atom. The molecule has 6 nitrogen and oxygen atoms in total. The van der Waals surface area contributed by atoms with Gasteiger partial charge in [0.25, 0.3) is 0 Å². The highest BCUT2D eigenvalue weighted by atomic mass is 19.1. The van der Waals surface area contributed by atoms with Crippen LogP contribution in [0.4, 0.5) is 20.3 Å². The molecule has 0 bridgehead atoms. The summed E-state index contributed by atoms with van der Waals surface area (Å²) in [5.74, 6) is -2.29. The van der Waals surface area contributed by atoms with Gasteiger partial charge >= 0.3 is 0 Å². The van der Waals surface area contributed by atoms with Gasteiger partial charge in [0.15, 0.2) is 17.4 Å². The van der Waals surface area contributed by atoms with Crippen LogP contribution in [0.5, 0.6) is 5.75 Å². The van der Waals surface area contributed by atoms with Crippen LogP contribution in [-0.4, -0.2) is 23.6 Å². The number of anilines is 2. The molecule has 26 heavy (non-hydrogen) atoms. The fraction of sp³-hybridized carbons (Fsp3) is 0.111. The summed E-state index contributed by atoms with van der Waals surface area (Å²) < 4.78 is 33.9. The Labute approximate surface area is 147 Å². The first-order valence-corrected chi connectivity index (χ1v) is 7.43. The maximum atomic E-state index is 14.8. The van der Waals surface area contributed by atoms with E-state index in [0.717, 1.165) is 13.2 Å². The molecule has 0 spiro atoms. The number of ether oxygens (including phenoxy) is 1. The normalized spacial score (nSPS) is 10.2. The molecule has 1 aromatic heterocycles. The molecule has 1 heterocycles. The van der Waals surface area contributed by atoms with Crippen LogP contribution in [0.3, 0.4) is 0 Å². The zero-order valence-electron chi connectivity index (χ0n) is 13.6. The summed E-state index contributed by atoms with van der Waals surface area (Å²) in [4.78, 5) is 9.75. The lowest BCUT2D eigenvalue weighted by Gasteiger charge is -2.22. The van der Waals surface area contributed by atoms with Crippen molar-refractivity contribution < 1.29 is 13.5 Å². The second-order valence-electron chi connectivity index (χ2n) is 5.17. The predicted molar refractivity (Wildman–Crippen MR) is 89.8 cm³/mol. The minimum Gasteiger partial charge on any atom is -0.492 e. The van der Waals surface area contributed by atoms with Crippen molar-refractivity contribution in [2.75, 3.05) is 18.6 Å². The van der Waals surface area contributed by atoms with Gasteiger partial charge in [0.2, 0.25) is 0 Å². The Balaban J connectivity index is 2.21. The summed E-state index contributed by atoms with van der Waals surface area (Å²) in [5.41, 5.74) is 0.339. The van der Waals surface area contributed by atoms with E-state index in [2.05, 4.69) is 9.97 Å². The molecule has 0 aliphatic carbocycles. The van der Waals surface area contributed by atoms with E-state index in [1.165, 1.54) is 11.1 Å². The molecule has 0 N–H and O–H groups in total. The second-order valence-corrected chi connectivity index (χ2v) is 5.17. The molecule has 0 fully saturated rings. The Hall–Kier alpha value is -3.78. The van der Waals surface area contributed by atoms with Gasteiger partial charge < -0.3 is 9.64 Å². The third-order valence-electron chi connectivity index (χ3n) is 3.70. The van der Waals surface area contributed by atoms with Gasteiger partial charge in [-0.2, -0.15) is 10.5 Å². The number of hydrogen-bond donors (Lipinski definition) is 0. The van der Waals surface area contributed by atoms with Crippen LogP contribution >= 0.6 is 0 Å². The van der Waals surface area contributed by atoms with Crippen LogP contribution in [0.15, 0.2) is 36.5 Å². The van der Waals surface area contributed by atoms with E-state index in [9.17, 15) is 8.78 Å². The molecule has 128 valence electrons. The number of aromatic nitrogens is 2. The van der Waals surface area contributed by atoms with Crippen LogP contribution in [-0.2, 0) is 0 Å². The van der Waals surface area contributed by atoms with Crippen molar-refractivity contribution in [2.24, 2.45) is 0 Å². The van der Waals surface area contributed by atoms with E-state index in [4.69, 9.17) is 15.3 Å². The fourth-order valence-electron chi connectivity index (χ4n) is 2.52. The van der Waals surface area contributed by atoms with Gasteiger partial charge in [-0.3, -0.25) is 4.98 Å². The van der Waals surface area contributed by atoms with Gasteiger partial charge in [0.1, 0.15) is 24.0 Å². The first-order valence-electron chi connectivity index (χ1n) is 7.43. The average molecular weight is 351 g/mol. The van der Waals surface area contributed by atoms with E-state index < -0.39 is 22.9 Å². The third kappa shape index (κ3) is 2.85. The van der Waals surface area contributed by atoms with Crippen molar-refractivity contribution in [3.8, 4) is 17.9 Å². The number of fused-ring (bicyclic) bond motifs is 1. The molecular formula is C18H11F2N5O. The molecule has 0 aliphatic rings. The van der Waals surface area contributed by atoms with Crippen molar-refractivity contribution in [1.29, 1.82) is 10.5 Å². The number of rotatable bonds is 4. The number of benzene rings is 2. The van der Waals surface area contributed by atoms with Crippen molar-refractivity contribution >= 4 is 22.5 Å². The first-order chi connectivity index (χ1) is 12.6. The highest BCUT2D eigenvalue weighted by Gasteiger charge is 2.24. The molecular weight excluding hydrogens is 340 g/mol. The molecule has 0 saturated carbocycles. The van der Waals surface area contributed by atoms with Crippen LogP contribution in [0.25, 0.3) is 11.0 Å². The standard InChI is InChI=1S/C18H11F2N5O/c1-26-18-11(9-22)12(19)8-15(17(18)20)25(7-6-21)16-10-23-13-4-2-3-5-14(13)24-16/h2-5,8,10H,7H2,1H3. The van der Waals surface area contributed by atoms with Gasteiger partial charge in [-0.1, -0.05) is 12.1 Å². The van der Waals surface area contributed by atoms with Gasteiger partial charge in [-0.05, 0) is 12.1 Å². The number of hydrogen-bond acceptors (Lipinski definition) is 6. The van der Waals surface area contributed by atoms with Crippen LogP contribution < -0.4 is 9.64 Å². The first kappa shape index (κ1) is 17.1. The summed E-state index contributed by atoms with van der Waals surface area (Å²) in [6.45, 7) is -0.307. The van der Waals surface area contributed by atoms with Crippen molar-refractivity contribution in [1.82, 2.24) is 9.97 Å². The summed E-state index contributed by atoms with van der Waals surface area (Å²) in [5, 5.41) is 18.1. The zero-order valence-corrected chi connectivity index (χ0v) is 13.6. The minimum atomic E-state index is -0.962. The van der Waals surface area contributed by atoms with Gasteiger partial charge in [0.05, 0.1) is 36.1 Å². The Bertz CT molecular complexity index is 1070. The SMILES string of the molecule is COc1c(F)c(N(CC#N)c2cnc3ccccc3n2)cc(F)c1C#N. The van der Waals surface area contributed by atoms with Crippen molar-refractivity contribution in [3.05, 3.63) is 53.7 Å². The maximum absolute atomic E-state index is 14.8. The highest BCUT2D eigenvalue weighted by Crippen LogP contribution is 2.35. The molecule has 0 aliphatic heterocycles. The number of halogens is 2. The van der Waals surface area contributed by atoms with Crippen LogP contribution in [0, 0.1) is 34.3 Å². The molecule has 0 radical (unpaired) electrons. The Morgan fingerprint density at radius 3 is 2.58 bits per heavy atom. The molecule has 0 amide bonds. The lowest BCUT2D eigenvalue weighted by molar-refractivity contribution is 0.381.